The molecule has 3 rings (SSSR count). The highest BCUT2D eigenvalue weighted by Crippen LogP contribution is 2.42. The summed E-state index contributed by atoms with van der Waals surface area (Å²) in [5, 5.41) is 0. The van der Waals surface area contributed by atoms with Gasteiger partial charge in [-0.3, -0.25) is 4.79 Å². The summed E-state index contributed by atoms with van der Waals surface area (Å²) in [6.45, 7) is 4.23. The third-order valence-electron chi connectivity index (χ3n) is 7.36. The molecule has 4 heteroatoms. The standard InChI is InChI=1S/C24H42O4/c1-3-4-5-6-19-7-9-20(10-8-19)21-11-13-22(14-12-21)28-24-16-15-23(17-26-24)27-18(2)25/h19-24H,3-17H2,1-2H3. The molecule has 1 heterocycles. The zero-order chi connectivity index (χ0) is 19.8. The monoisotopic (exact) mass is 394 g/mol. The molecular formula is C24H42O4. The Kier molecular flexibility index (Phi) is 9.10. The number of unbranched alkanes of at least 4 members (excludes halogenated alkanes) is 2. The summed E-state index contributed by atoms with van der Waals surface area (Å²) >= 11 is 0. The summed E-state index contributed by atoms with van der Waals surface area (Å²) in [6, 6.07) is 0. The molecule has 3 fully saturated rings. The van der Waals surface area contributed by atoms with Gasteiger partial charge in [0, 0.05) is 13.3 Å². The van der Waals surface area contributed by atoms with E-state index in [4.69, 9.17) is 14.2 Å². The van der Waals surface area contributed by atoms with Crippen molar-refractivity contribution in [3.05, 3.63) is 0 Å². The Morgan fingerprint density at radius 2 is 1.50 bits per heavy atom. The van der Waals surface area contributed by atoms with Gasteiger partial charge in [0.25, 0.3) is 0 Å². The molecule has 0 aromatic heterocycles. The van der Waals surface area contributed by atoms with E-state index in [9.17, 15) is 4.79 Å². The Morgan fingerprint density at radius 1 is 0.857 bits per heavy atom. The second kappa shape index (κ2) is 11.5. The van der Waals surface area contributed by atoms with Crippen molar-refractivity contribution in [2.24, 2.45) is 17.8 Å². The van der Waals surface area contributed by atoms with Crippen molar-refractivity contribution >= 4 is 5.97 Å². The summed E-state index contributed by atoms with van der Waals surface area (Å²) in [5.41, 5.74) is 0. The van der Waals surface area contributed by atoms with Crippen LogP contribution in [0.4, 0.5) is 0 Å². The van der Waals surface area contributed by atoms with Crippen molar-refractivity contribution in [2.45, 2.75) is 122 Å². The first-order chi connectivity index (χ1) is 13.6. The van der Waals surface area contributed by atoms with Crippen LogP contribution in [0.1, 0.15) is 104 Å². The minimum atomic E-state index is -0.221. The number of rotatable bonds is 8. The van der Waals surface area contributed by atoms with Gasteiger partial charge in [-0.15, -0.1) is 0 Å². The minimum absolute atomic E-state index is 0.0924. The molecule has 2 aliphatic carbocycles. The van der Waals surface area contributed by atoms with Crippen molar-refractivity contribution in [1.82, 2.24) is 0 Å². The van der Waals surface area contributed by atoms with Crippen molar-refractivity contribution in [3.8, 4) is 0 Å². The fourth-order valence-corrected chi connectivity index (χ4v) is 5.68. The first-order valence-corrected chi connectivity index (χ1v) is 12.1. The molecule has 4 nitrogen and oxygen atoms in total. The van der Waals surface area contributed by atoms with E-state index in [0.717, 1.165) is 30.6 Å². The Hall–Kier alpha value is -0.610. The number of carbonyl (C=O) groups is 1. The smallest absolute Gasteiger partial charge is 0.302 e. The lowest BCUT2D eigenvalue weighted by atomic mass is 9.70. The van der Waals surface area contributed by atoms with Crippen LogP contribution in [-0.2, 0) is 19.0 Å². The average molecular weight is 395 g/mol. The van der Waals surface area contributed by atoms with Gasteiger partial charge < -0.3 is 14.2 Å². The lowest BCUT2D eigenvalue weighted by molar-refractivity contribution is -0.219. The first-order valence-electron chi connectivity index (χ1n) is 12.1. The zero-order valence-corrected chi connectivity index (χ0v) is 18.2. The van der Waals surface area contributed by atoms with Crippen molar-refractivity contribution in [2.75, 3.05) is 6.61 Å². The highest BCUT2D eigenvalue weighted by molar-refractivity contribution is 5.66. The maximum atomic E-state index is 11.0. The van der Waals surface area contributed by atoms with Crippen LogP contribution in [0.15, 0.2) is 0 Å². The lowest BCUT2D eigenvalue weighted by Gasteiger charge is -2.39. The number of ether oxygens (including phenoxy) is 3. The van der Waals surface area contributed by atoms with Gasteiger partial charge in [0.1, 0.15) is 6.10 Å². The largest absolute Gasteiger partial charge is 0.460 e. The van der Waals surface area contributed by atoms with Crippen molar-refractivity contribution in [3.63, 3.8) is 0 Å². The summed E-state index contributed by atoms with van der Waals surface area (Å²) in [4.78, 5) is 11.0. The van der Waals surface area contributed by atoms with Crippen LogP contribution in [0.25, 0.3) is 0 Å². The number of hydrogen-bond acceptors (Lipinski definition) is 4. The van der Waals surface area contributed by atoms with Gasteiger partial charge in [-0.25, -0.2) is 0 Å². The van der Waals surface area contributed by atoms with Gasteiger partial charge in [-0.1, -0.05) is 45.4 Å². The molecule has 0 N–H and O–H groups in total. The van der Waals surface area contributed by atoms with E-state index in [1.807, 2.05) is 0 Å². The molecule has 0 spiro atoms. The summed E-state index contributed by atoms with van der Waals surface area (Å²) < 4.78 is 17.2. The van der Waals surface area contributed by atoms with E-state index in [-0.39, 0.29) is 18.4 Å². The molecule has 0 radical (unpaired) electrons. The van der Waals surface area contributed by atoms with Crippen LogP contribution in [0.2, 0.25) is 0 Å². The molecule has 2 unspecified atom stereocenters. The fourth-order valence-electron chi connectivity index (χ4n) is 5.68. The van der Waals surface area contributed by atoms with Crippen molar-refractivity contribution < 1.29 is 19.0 Å². The molecule has 3 aliphatic rings. The van der Waals surface area contributed by atoms with Gasteiger partial charge in [-0.2, -0.15) is 0 Å². The lowest BCUT2D eigenvalue weighted by Crippen LogP contribution is -2.37. The number of hydrogen-bond donors (Lipinski definition) is 0. The normalized spacial score (nSPS) is 36.8. The fraction of sp³-hybridized carbons (Fsp3) is 0.958. The third-order valence-corrected chi connectivity index (χ3v) is 7.36. The van der Waals surface area contributed by atoms with E-state index in [2.05, 4.69) is 6.92 Å². The second-order valence-corrected chi connectivity index (χ2v) is 9.52. The summed E-state index contributed by atoms with van der Waals surface area (Å²) in [7, 11) is 0. The molecule has 2 atom stereocenters. The summed E-state index contributed by atoms with van der Waals surface area (Å²) in [6.07, 6.45) is 18.5. The van der Waals surface area contributed by atoms with Gasteiger partial charge in [-0.05, 0) is 62.7 Å². The Balaban J connectivity index is 1.29. The van der Waals surface area contributed by atoms with E-state index >= 15 is 0 Å². The molecule has 1 aliphatic heterocycles. The second-order valence-electron chi connectivity index (χ2n) is 9.52. The molecule has 0 amide bonds. The predicted molar refractivity (Wildman–Crippen MR) is 111 cm³/mol. The number of carbonyl (C=O) groups excluding carboxylic acids is 1. The van der Waals surface area contributed by atoms with Gasteiger partial charge in [0.2, 0.25) is 0 Å². The highest BCUT2D eigenvalue weighted by atomic mass is 16.7. The highest BCUT2D eigenvalue weighted by Gasteiger charge is 2.33. The predicted octanol–water partition coefficient (Wildman–Crippen LogP) is 6.02. The van der Waals surface area contributed by atoms with Crippen LogP contribution in [0.5, 0.6) is 0 Å². The van der Waals surface area contributed by atoms with E-state index in [1.165, 1.54) is 84.0 Å². The third kappa shape index (κ3) is 7.02. The topological polar surface area (TPSA) is 44.8 Å². The minimum Gasteiger partial charge on any atom is -0.460 e. The molecule has 28 heavy (non-hydrogen) atoms. The molecule has 0 bridgehead atoms. The average Bonchev–Trinajstić information content (AvgIpc) is 2.70. The molecular weight excluding hydrogens is 352 g/mol. The Labute approximate surface area is 172 Å². The van der Waals surface area contributed by atoms with Crippen LogP contribution in [0, 0.1) is 17.8 Å². The molecule has 162 valence electrons. The first kappa shape index (κ1) is 22.1. The van der Waals surface area contributed by atoms with Gasteiger partial charge >= 0.3 is 5.97 Å². The maximum absolute atomic E-state index is 11.0. The Bertz CT molecular complexity index is 442. The zero-order valence-electron chi connectivity index (χ0n) is 18.2. The van der Waals surface area contributed by atoms with E-state index in [0.29, 0.717) is 12.7 Å². The molecule has 2 saturated carbocycles. The molecule has 0 aromatic carbocycles. The van der Waals surface area contributed by atoms with Gasteiger partial charge in [0.05, 0.1) is 12.7 Å². The van der Waals surface area contributed by atoms with E-state index < -0.39 is 0 Å². The molecule has 0 aromatic rings. The number of esters is 1. The SMILES string of the molecule is CCCCCC1CCC(C2CCC(OC3CCC(OC(C)=O)CO3)CC2)CC1. The van der Waals surface area contributed by atoms with Gasteiger partial charge in [0.15, 0.2) is 6.29 Å². The summed E-state index contributed by atoms with van der Waals surface area (Å²) in [5.74, 6) is 2.69. The quantitative estimate of drug-likeness (QED) is 0.373. The van der Waals surface area contributed by atoms with Crippen LogP contribution in [-0.4, -0.2) is 31.1 Å². The van der Waals surface area contributed by atoms with Crippen LogP contribution < -0.4 is 0 Å². The maximum Gasteiger partial charge on any atom is 0.302 e. The van der Waals surface area contributed by atoms with Crippen LogP contribution >= 0.6 is 0 Å². The Morgan fingerprint density at radius 3 is 2.07 bits per heavy atom. The van der Waals surface area contributed by atoms with E-state index in [1.54, 1.807) is 0 Å². The molecule has 1 saturated heterocycles. The van der Waals surface area contributed by atoms with Crippen molar-refractivity contribution in [1.29, 1.82) is 0 Å². The van der Waals surface area contributed by atoms with Crippen LogP contribution in [0.3, 0.4) is 0 Å².